The second-order valence-corrected chi connectivity index (χ2v) is 7.96. The first-order valence-corrected chi connectivity index (χ1v) is 9.94. The van der Waals surface area contributed by atoms with Crippen LogP contribution >= 0.6 is 11.3 Å². The average Bonchev–Trinajstić information content (AvgIpc) is 3.18. The smallest absolute Gasteiger partial charge is 0.230 e. The summed E-state index contributed by atoms with van der Waals surface area (Å²) in [6.45, 7) is 5.68. The molecule has 1 aliphatic rings. The van der Waals surface area contributed by atoms with Crippen molar-refractivity contribution < 1.29 is 10.2 Å². The van der Waals surface area contributed by atoms with Crippen molar-refractivity contribution in [3.8, 4) is 5.88 Å². The van der Waals surface area contributed by atoms with E-state index < -0.39 is 0 Å². The fraction of sp³-hybridized carbons (Fsp3) is 0.474. The minimum atomic E-state index is -0.229. The molecule has 2 N–H and O–H groups in total. The number of aliphatic hydroxyl groups excluding tert-OH is 1. The Bertz CT molecular complexity index is 894. The number of likely N-dealkylation sites (tertiary alicyclic amines) is 1. The SMILES string of the molecule is CCc1nc2sc([C@@H](c3ccc(C)cc3)N3CCC(O)CC3)c(O)n2n1. The molecule has 0 aliphatic carbocycles. The topological polar surface area (TPSA) is 73.9 Å². The third-order valence-electron chi connectivity index (χ3n) is 5.07. The lowest BCUT2D eigenvalue weighted by Gasteiger charge is -2.36. The van der Waals surface area contributed by atoms with Gasteiger partial charge in [0.05, 0.1) is 17.0 Å². The van der Waals surface area contributed by atoms with E-state index in [0.717, 1.165) is 53.6 Å². The van der Waals surface area contributed by atoms with E-state index in [0.29, 0.717) is 0 Å². The van der Waals surface area contributed by atoms with Crippen LogP contribution < -0.4 is 0 Å². The molecule has 1 aliphatic heterocycles. The van der Waals surface area contributed by atoms with Crippen molar-refractivity contribution in [3.05, 3.63) is 46.1 Å². The fourth-order valence-corrected chi connectivity index (χ4v) is 4.68. The molecule has 138 valence electrons. The largest absolute Gasteiger partial charge is 0.492 e. The van der Waals surface area contributed by atoms with Crippen molar-refractivity contribution in [2.24, 2.45) is 0 Å². The van der Waals surface area contributed by atoms with E-state index in [2.05, 4.69) is 46.2 Å². The van der Waals surface area contributed by atoms with Crippen LogP contribution in [0.1, 0.15) is 47.6 Å². The number of aliphatic hydroxyl groups is 1. The Kier molecular flexibility index (Phi) is 4.69. The third-order valence-corrected chi connectivity index (χ3v) is 6.14. The molecule has 0 saturated carbocycles. The van der Waals surface area contributed by atoms with Crippen LogP contribution in [-0.4, -0.2) is 48.9 Å². The molecule has 3 aromatic rings. The Labute approximate surface area is 156 Å². The Morgan fingerprint density at radius 3 is 2.54 bits per heavy atom. The van der Waals surface area contributed by atoms with Gasteiger partial charge in [0.25, 0.3) is 0 Å². The molecule has 0 radical (unpaired) electrons. The number of fused-ring (bicyclic) bond motifs is 1. The molecule has 7 heteroatoms. The Morgan fingerprint density at radius 1 is 1.23 bits per heavy atom. The summed E-state index contributed by atoms with van der Waals surface area (Å²) in [5.41, 5.74) is 2.35. The van der Waals surface area contributed by atoms with Crippen LogP contribution in [0.3, 0.4) is 0 Å². The molecule has 2 aromatic heterocycles. The maximum absolute atomic E-state index is 10.9. The monoisotopic (exact) mass is 372 g/mol. The van der Waals surface area contributed by atoms with E-state index in [1.165, 1.54) is 16.9 Å². The molecule has 0 unspecified atom stereocenters. The maximum atomic E-state index is 10.9. The standard InChI is InChI=1S/C19H24N4O2S/c1-3-15-20-19-23(21-15)18(25)17(26-19)16(13-6-4-12(2)5-7-13)22-10-8-14(24)9-11-22/h4-7,14,16,24-25H,3,8-11H2,1-2H3/t16-/m1/s1. The summed E-state index contributed by atoms with van der Waals surface area (Å²) < 4.78 is 1.55. The minimum absolute atomic E-state index is 0.0540. The molecular formula is C19H24N4O2S. The predicted molar refractivity (Wildman–Crippen MR) is 102 cm³/mol. The van der Waals surface area contributed by atoms with Gasteiger partial charge >= 0.3 is 0 Å². The Hall–Kier alpha value is -1.96. The van der Waals surface area contributed by atoms with Gasteiger partial charge in [-0.25, -0.2) is 4.98 Å². The molecule has 1 aromatic carbocycles. The zero-order valence-corrected chi connectivity index (χ0v) is 15.9. The summed E-state index contributed by atoms with van der Waals surface area (Å²) in [5.74, 6) is 0.917. The Balaban J connectivity index is 1.78. The number of hydrogen-bond acceptors (Lipinski definition) is 6. The number of nitrogens with zero attached hydrogens (tertiary/aromatic N) is 4. The second kappa shape index (κ2) is 6.98. The highest BCUT2D eigenvalue weighted by Crippen LogP contribution is 2.40. The summed E-state index contributed by atoms with van der Waals surface area (Å²) in [6.07, 6.45) is 2.02. The molecular weight excluding hydrogens is 348 g/mol. The highest BCUT2D eigenvalue weighted by atomic mass is 32.1. The van der Waals surface area contributed by atoms with Gasteiger partial charge in [-0.2, -0.15) is 4.52 Å². The van der Waals surface area contributed by atoms with Gasteiger partial charge in [-0.05, 0) is 25.3 Å². The zero-order valence-electron chi connectivity index (χ0n) is 15.1. The lowest BCUT2D eigenvalue weighted by atomic mass is 9.98. The van der Waals surface area contributed by atoms with E-state index in [1.54, 1.807) is 4.52 Å². The molecule has 6 nitrogen and oxygen atoms in total. The van der Waals surface area contributed by atoms with E-state index in [-0.39, 0.29) is 18.0 Å². The summed E-state index contributed by atoms with van der Waals surface area (Å²) >= 11 is 1.50. The molecule has 4 rings (SSSR count). The van der Waals surface area contributed by atoms with E-state index >= 15 is 0 Å². The van der Waals surface area contributed by atoms with Crippen LogP contribution in [0.25, 0.3) is 4.96 Å². The lowest BCUT2D eigenvalue weighted by Crippen LogP contribution is -2.38. The van der Waals surface area contributed by atoms with E-state index in [1.807, 2.05) is 6.92 Å². The van der Waals surface area contributed by atoms with Crippen LogP contribution in [0, 0.1) is 6.92 Å². The normalized spacial score (nSPS) is 17.8. The summed E-state index contributed by atoms with van der Waals surface area (Å²) in [6, 6.07) is 8.39. The molecule has 1 atom stereocenters. The number of hydrogen-bond donors (Lipinski definition) is 2. The third kappa shape index (κ3) is 3.11. The number of aryl methyl sites for hydroxylation is 2. The van der Waals surface area contributed by atoms with Gasteiger partial charge in [0.15, 0.2) is 5.82 Å². The van der Waals surface area contributed by atoms with Gasteiger partial charge in [0.2, 0.25) is 10.8 Å². The van der Waals surface area contributed by atoms with Crippen LogP contribution in [0.4, 0.5) is 0 Å². The van der Waals surface area contributed by atoms with Crippen molar-refractivity contribution in [3.63, 3.8) is 0 Å². The van der Waals surface area contributed by atoms with Crippen LogP contribution in [0.5, 0.6) is 5.88 Å². The van der Waals surface area contributed by atoms with E-state index in [4.69, 9.17) is 0 Å². The molecule has 26 heavy (non-hydrogen) atoms. The number of piperidine rings is 1. The van der Waals surface area contributed by atoms with Gasteiger partial charge in [-0.3, -0.25) is 4.90 Å². The summed E-state index contributed by atoms with van der Waals surface area (Å²) in [4.78, 5) is 8.44. The lowest BCUT2D eigenvalue weighted by molar-refractivity contribution is 0.0689. The van der Waals surface area contributed by atoms with Gasteiger partial charge < -0.3 is 10.2 Å². The fourth-order valence-electron chi connectivity index (χ4n) is 3.54. The quantitative estimate of drug-likeness (QED) is 0.737. The number of thiazole rings is 1. The molecule has 0 amide bonds. The van der Waals surface area contributed by atoms with Crippen molar-refractivity contribution in [2.45, 2.75) is 45.3 Å². The Morgan fingerprint density at radius 2 is 1.92 bits per heavy atom. The predicted octanol–water partition coefficient (Wildman–Crippen LogP) is 2.91. The van der Waals surface area contributed by atoms with Crippen molar-refractivity contribution in [1.82, 2.24) is 19.5 Å². The van der Waals surface area contributed by atoms with Crippen molar-refractivity contribution >= 4 is 16.3 Å². The number of aromatic hydroxyl groups is 1. The number of benzene rings is 1. The van der Waals surface area contributed by atoms with Crippen molar-refractivity contribution in [1.29, 1.82) is 0 Å². The van der Waals surface area contributed by atoms with Crippen LogP contribution in [0.15, 0.2) is 24.3 Å². The molecule has 0 bridgehead atoms. The zero-order chi connectivity index (χ0) is 18.3. The number of aromatic nitrogens is 3. The molecule has 0 spiro atoms. The summed E-state index contributed by atoms with van der Waals surface area (Å²) in [7, 11) is 0. The highest BCUT2D eigenvalue weighted by Gasteiger charge is 2.31. The first kappa shape index (κ1) is 17.5. The number of rotatable bonds is 4. The molecule has 1 fully saturated rings. The minimum Gasteiger partial charge on any atom is -0.492 e. The van der Waals surface area contributed by atoms with Gasteiger partial charge in [-0.1, -0.05) is 48.1 Å². The summed E-state index contributed by atoms with van der Waals surface area (Å²) in [5, 5.41) is 25.2. The van der Waals surface area contributed by atoms with E-state index in [9.17, 15) is 10.2 Å². The van der Waals surface area contributed by atoms with Crippen LogP contribution in [-0.2, 0) is 6.42 Å². The van der Waals surface area contributed by atoms with Gasteiger partial charge in [-0.15, -0.1) is 5.10 Å². The average molecular weight is 372 g/mol. The maximum Gasteiger partial charge on any atom is 0.230 e. The first-order valence-electron chi connectivity index (χ1n) is 9.12. The molecule has 3 heterocycles. The highest BCUT2D eigenvalue weighted by molar-refractivity contribution is 7.17. The van der Waals surface area contributed by atoms with Gasteiger partial charge in [0.1, 0.15) is 0 Å². The van der Waals surface area contributed by atoms with Gasteiger partial charge in [0, 0.05) is 19.5 Å². The molecule has 1 saturated heterocycles. The second-order valence-electron chi connectivity index (χ2n) is 6.95. The van der Waals surface area contributed by atoms with Crippen LogP contribution in [0.2, 0.25) is 0 Å². The van der Waals surface area contributed by atoms with Crippen molar-refractivity contribution in [2.75, 3.05) is 13.1 Å². The first-order chi connectivity index (χ1) is 12.6.